The van der Waals surface area contributed by atoms with Crippen molar-refractivity contribution >= 4 is 5.91 Å². The van der Waals surface area contributed by atoms with E-state index in [1.54, 1.807) is 0 Å². The monoisotopic (exact) mass is 301 g/mol. The fraction of sp³-hybridized carbons (Fsp3) is 0.611. The maximum absolute atomic E-state index is 12.0. The molecule has 22 heavy (non-hydrogen) atoms. The maximum atomic E-state index is 12.0. The molecule has 0 radical (unpaired) electrons. The van der Waals surface area contributed by atoms with Crippen LogP contribution in [0.5, 0.6) is 0 Å². The van der Waals surface area contributed by atoms with Gasteiger partial charge in [-0.2, -0.15) is 0 Å². The minimum Gasteiger partial charge on any atom is -0.340 e. The van der Waals surface area contributed by atoms with Gasteiger partial charge in [-0.1, -0.05) is 30.3 Å². The number of hydrogen-bond donors (Lipinski definition) is 1. The quantitative estimate of drug-likeness (QED) is 0.919. The van der Waals surface area contributed by atoms with Crippen LogP contribution in [0.4, 0.5) is 0 Å². The van der Waals surface area contributed by atoms with E-state index in [9.17, 15) is 4.79 Å². The number of nitrogens with one attached hydrogen (secondary N) is 1. The molecular formula is C18H27N3O. The summed E-state index contributed by atoms with van der Waals surface area (Å²) in [5.41, 5.74) is 1.49. The number of carbonyl (C=O) groups is 1. The van der Waals surface area contributed by atoms with Crippen molar-refractivity contribution in [2.75, 3.05) is 39.8 Å². The number of amides is 1. The molecular weight excluding hydrogens is 274 g/mol. The van der Waals surface area contributed by atoms with Crippen LogP contribution in [0.25, 0.3) is 0 Å². The van der Waals surface area contributed by atoms with Crippen LogP contribution in [-0.2, 0) is 4.79 Å². The van der Waals surface area contributed by atoms with Gasteiger partial charge >= 0.3 is 0 Å². The lowest BCUT2D eigenvalue weighted by Crippen LogP contribution is -2.44. The number of hydrogen-bond acceptors (Lipinski definition) is 3. The Balaban J connectivity index is 1.49. The van der Waals surface area contributed by atoms with Crippen LogP contribution in [0.1, 0.15) is 30.7 Å². The number of piperidine rings is 1. The van der Waals surface area contributed by atoms with Gasteiger partial charge in [-0.05, 0) is 50.9 Å². The second-order valence-corrected chi connectivity index (χ2v) is 6.53. The van der Waals surface area contributed by atoms with Crippen LogP contribution in [-0.4, -0.2) is 61.5 Å². The summed E-state index contributed by atoms with van der Waals surface area (Å²) in [5.74, 6) is 0.949. The molecule has 1 aromatic carbocycles. The van der Waals surface area contributed by atoms with E-state index < -0.39 is 0 Å². The number of likely N-dealkylation sites (tertiary alicyclic amines) is 2. The first-order valence-electron chi connectivity index (χ1n) is 8.49. The SMILES string of the molecule is CNCC(=O)N1CCC(N2CCC(c3ccccc3)CC2)C1. The van der Waals surface area contributed by atoms with Crippen LogP contribution in [0.15, 0.2) is 30.3 Å². The highest BCUT2D eigenvalue weighted by Crippen LogP contribution is 2.30. The van der Waals surface area contributed by atoms with Gasteiger partial charge in [0.1, 0.15) is 0 Å². The van der Waals surface area contributed by atoms with Crippen molar-refractivity contribution in [3.05, 3.63) is 35.9 Å². The third-order valence-electron chi connectivity index (χ3n) is 5.16. The van der Waals surface area contributed by atoms with Gasteiger partial charge in [0.25, 0.3) is 0 Å². The minimum atomic E-state index is 0.240. The van der Waals surface area contributed by atoms with E-state index >= 15 is 0 Å². The Morgan fingerprint density at radius 1 is 1.14 bits per heavy atom. The minimum absolute atomic E-state index is 0.240. The smallest absolute Gasteiger partial charge is 0.236 e. The second kappa shape index (κ2) is 7.25. The Morgan fingerprint density at radius 3 is 2.55 bits per heavy atom. The van der Waals surface area contributed by atoms with Crippen LogP contribution in [0.2, 0.25) is 0 Å². The molecule has 0 spiro atoms. The molecule has 4 nitrogen and oxygen atoms in total. The van der Waals surface area contributed by atoms with Gasteiger partial charge in [0, 0.05) is 19.1 Å². The average molecular weight is 301 g/mol. The van der Waals surface area contributed by atoms with Crippen LogP contribution >= 0.6 is 0 Å². The van der Waals surface area contributed by atoms with Gasteiger partial charge in [0.05, 0.1) is 6.54 Å². The Kier molecular flexibility index (Phi) is 5.11. The van der Waals surface area contributed by atoms with Gasteiger partial charge in [-0.3, -0.25) is 9.69 Å². The molecule has 120 valence electrons. The molecule has 2 aliphatic heterocycles. The summed E-state index contributed by atoms with van der Waals surface area (Å²) in [7, 11) is 1.83. The molecule has 4 heteroatoms. The van der Waals surface area contributed by atoms with Crippen molar-refractivity contribution in [1.29, 1.82) is 0 Å². The lowest BCUT2D eigenvalue weighted by molar-refractivity contribution is -0.129. The zero-order chi connectivity index (χ0) is 15.4. The lowest BCUT2D eigenvalue weighted by Gasteiger charge is -2.36. The predicted molar refractivity (Wildman–Crippen MR) is 88.9 cm³/mol. The summed E-state index contributed by atoms with van der Waals surface area (Å²) in [6, 6.07) is 11.5. The largest absolute Gasteiger partial charge is 0.340 e. The van der Waals surface area contributed by atoms with E-state index in [0.717, 1.165) is 32.6 Å². The Hall–Kier alpha value is -1.39. The molecule has 1 amide bonds. The van der Waals surface area contributed by atoms with E-state index in [-0.39, 0.29) is 5.91 Å². The van der Waals surface area contributed by atoms with Gasteiger partial charge in [-0.15, -0.1) is 0 Å². The van der Waals surface area contributed by atoms with Crippen molar-refractivity contribution < 1.29 is 4.79 Å². The predicted octanol–water partition coefficient (Wildman–Crippen LogP) is 1.69. The highest BCUT2D eigenvalue weighted by atomic mass is 16.2. The molecule has 1 atom stereocenters. The number of carbonyl (C=O) groups excluding carboxylic acids is 1. The number of rotatable bonds is 4. The summed E-state index contributed by atoms with van der Waals surface area (Å²) in [6.07, 6.45) is 3.61. The highest BCUT2D eigenvalue weighted by molar-refractivity contribution is 5.78. The fourth-order valence-corrected chi connectivity index (χ4v) is 3.85. The zero-order valence-corrected chi connectivity index (χ0v) is 13.5. The van der Waals surface area contributed by atoms with E-state index in [4.69, 9.17) is 0 Å². The van der Waals surface area contributed by atoms with E-state index in [1.807, 2.05) is 11.9 Å². The summed E-state index contributed by atoms with van der Waals surface area (Å²) < 4.78 is 0. The van der Waals surface area contributed by atoms with Crippen LogP contribution < -0.4 is 5.32 Å². The molecule has 1 N–H and O–H groups in total. The third-order valence-corrected chi connectivity index (χ3v) is 5.16. The van der Waals surface area contributed by atoms with Gasteiger partial charge in [-0.25, -0.2) is 0 Å². The first kappa shape index (κ1) is 15.5. The number of nitrogens with zero attached hydrogens (tertiary/aromatic N) is 2. The third kappa shape index (κ3) is 3.50. The van der Waals surface area contributed by atoms with Gasteiger partial charge < -0.3 is 10.2 Å². The van der Waals surface area contributed by atoms with E-state index in [2.05, 4.69) is 40.5 Å². The number of benzene rings is 1. The van der Waals surface area contributed by atoms with Crippen molar-refractivity contribution in [2.45, 2.75) is 31.2 Å². The molecule has 0 bridgehead atoms. The summed E-state index contributed by atoms with van der Waals surface area (Å²) >= 11 is 0. The molecule has 2 heterocycles. The molecule has 2 saturated heterocycles. The lowest BCUT2D eigenvalue weighted by atomic mass is 9.89. The molecule has 0 aromatic heterocycles. The second-order valence-electron chi connectivity index (χ2n) is 6.53. The van der Waals surface area contributed by atoms with Gasteiger partial charge in [0.15, 0.2) is 0 Å². The Morgan fingerprint density at radius 2 is 1.86 bits per heavy atom. The molecule has 1 aromatic rings. The van der Waals surface area contributed by atoms with Crippen LogP contribution in [0, 0.1) is 0 Å². The van der Waals surface area contributed by atoms with Crippen molar-refractivity contribution in [1.82, 2.24) is 15.1 Å². The molecule has 2 fully saturated rings. The summed E-state index contributed by atoms with van der Waals surface area (Å²) in [6.45, 7) is 4.62. The molecule has 0 aliphatic carbocycles. The first-order chi connectivity index (χ1) is 10.8. The van der Waals surface area contributed by atoms with Crippen molar-refractivity contribution in [3.8, 4) is 0 Å². The van der Waals surface area contributed by atoms with E-state index in [0.29, 0.717) is 18.5 Å². The van der Waals surface area contributed by atoms with Gasteiger partial charge in [0.2, 0.25) is 5.91 Å². The first-order valence-corrected chi connectivity index (χ1v) is 8.49. The zero-order valence-electron chi connectivity index (χ0n) is 13.5. The standard InChI is InChI=1S/C18H27N3O/c1-19-13-18(22)21-12-9-17(14-21)20-10-7-16(8-11-20)15-5-3-2-4-6-15/h2-6,16-17,19H,7-14H2,1H3. The summed E-state index contributed by atoms with van der Waals surface area (Å²) in [5, 5.41) is 2.96. The highest BCUT2D eigenvalue weighted by Gasteiger charge is 2.32. The van der Waals surface area contributed by atoms with Crippen LogP contribution in [0.3, 0.4) is 0 Å². The molecule has 3 rings (SSSR count). The van der Waals surface area contributed by atoms with E-state index in [1.165, 1.54) is 18.4 Å². The van der Waals surface area contributed by atoms with Crippen molar-refractivity contribution in [3.63, 3.8) is 0 Å². The summed E-state index contributed by atoms with van der Waals surface area (Å²) in [4.78, 5) is 16.6. The maximum Gasteiger partial charge on any atom is 0.236 e. The number of likely N-dealkylation sites (N-methyl/N-ethyl adjacent to an activating group) is 1. The topological polar surface area (TPSA) is 35.6 Å². The molecule has 1 unspecified atom stereocenters. The fourth-order valence-electron chi connectivity index (χ4n) is 3.85. The van der Waals surface area contributed by atoms with Crippen molar-refractivity contribution in [2.24, 2.45) is 0 Å². The Bertz CT molecular complexity index is 482. The average Bonchev–Trinajstić information content (AvgIpc) is 3.06. The molecule has 2 aliphatic rings. The normalized spacial score (nSPS) is 23.9. The molecule has 0 saturated carbocycles. The Labute approximate surface area is 133 Å².